The first kappa shape index (κ1) is 15.5. The Morgan fingerprint density at radius 2 is 2.06 bits per heavy atom. The van der Waals surface area contributed by atoms with Gasteiger partial charge in [0.25, 0.3) is 0 Å². The first-order valence-electron chi connectivity index (χ1n) is 6.74. The number of hydrogen-bond donors (Lipinski definition) is 1. The molecule has 0 radical (unpaired) electrons. The second kappa shape index (κ2) is 7.78. The Labute approximate surface area is 116 Å². The molecular formula is C15H25ClN2. The lowest BCUT2D eigenvalue weighted by atomic mass is 10.0. The van der Waals surface area contributed by atoms with Crippen LogP contribution in [0.3, 0.4) is 0 Å². The Hall–Kier alpha value is -0.570. The zero-order valence-corrected chi connectivity index (χ0v) is 12.7. The van der Waals surface area contributed by atoms with E-state index in [9.17, 15) is 0 Å². The summed E-state index contributed by atoms with van der Waals surface area (Å²) < 4.78 is 0. The number of hydrogen-bond acceptors (Lipinski definition) is 2. The van der Waals surface area contributed by atoms with Gasteiger partial charge in [0.2, 0.25) is 0 Å². The Balaban J connectivity index is 2.57. The highest BCUT2D eigenvalue weighted by molar-refractivity contribution is 6.30. The minimum absolute atomic E-state index is 0.389. The van der Waals surface area contributed by atoms with Gasteiger partial charge >= 0.3 is 0 Å². The van der Waals surface area contributed by atoms with Crippen molar-refractivity contribution in [1.82, 2.24) is 10.2 Å². The summed E-state index contributed by atoms with van der Waals surface area (Å²) in [5, 5.41) is 4.19. The summed E-state index contributed by atoms with van der Waals surface area (Å²) in [6.07, 6.45) is 1.16. The first-order valence-corrected chi connectivity index (χ1v) is 7.12. The molecule has 0 heterocycles. The van der Waals surface area contributed by atoms with Gasteiger partial charge in [0.05, 0.1) is 0 Å². The Bertz CT molecular complexity index is 354. The third-order valence-corrected chi connectivity index (χ3v) is 3.86. The van der Waals surface area contributed by atoms with Crippen LogP contribution >= 0.6 is 11.6 Å². The van der Waals surface area contributed by atoms with Crippen molar-refractivity contribution in [2.75, 3.05) is 20.1 Å². The summed E-state index contributed by atoms with van der Waals surface area (Å²) in [5.41, 5.74) is 1.28. The van der Waals surface area contributed by atoms with E-state index in [0.29, 0.717) is 12.1 Å². The van der Waals surface area contributed by atoms with Crippen molar-refractivity contribution in [2.45, 2.75) is 39.3 Å². The monoisotopic (exact) mass is 268 g/mol. The van der Waals surface area contributed by atoms with Crippen LogP contribution in [0.25, 0.3) is 0 Å². The molecular weight excluding hydrogens is 244 g/mol. The average molecular weight is 269 g/mol. The predicted octanol–water partition coefficient (Wildman–Crippen LogP) is 3.72. The van der Waals surface area contributed by atoms with Crippen LogP contribution in [0, 0.1) is 0 Å². The second-order valence-corrected chi connectivity index (χ2v) is 5.32. The molecule has 2 nitrogen and oxygen atoms in total. The van der Waals surface area contributed by atoms with Crippen molar-refractivity contribution in [3.05, 3.63) is 34.9 Å². The molecule has 18 heavy (non-hydrogen) atoms. The van der Waals surface area contributed by atoms with Crippen molar-refractivity contribution in [2.24, 2.45) is 0 Å². The molecule has 0 bridgehead atoms. The zero-order chi connectivity index (χ0) is 13.5. The summed E-state index contributed by atoms with van der Waals surface area (Å²) in [6, 6.07) is 9.08. The molecule has 1 aromatic carbocycles. The average Bonchev–Trinajstić information content (AvgIpc) is 2.37. The maximum absolute atomic E-state index is 6.05. The van der Waals surface area contributed by atoms with E-state index in [4.69, 9.17) is 11.6 Å². The Morgan fingerprint density at radius 3 is 2.67 bits per heavy atom. The van der Waals surface area contributed by atoms with Gasteiger partial charge in [-0.2, -0.15) is 0 Å². The molecule has 102 valence electrons. The number of benzene rings is 1. The number of nitrogens with one attached hydrogen (secondary N) is 1. The maximum atomic E-state index is 6.05. The molecule has 3 heteroatoms. The highest BCUT2D eigenvalue weighted by Gasteiger charge is 2.17. The molecule has 0 spiro atoms. The lowest BCUT2D eigenvalue weighted by molar-refractivity contribution is 0.188. The van der Waals surface area contributed by atoms with Gasteiger partial charge in [0.1, 0.15) is 0 Å². The molecule has 0 aliphatic heterocycles. The molecule has 2 unspecified atom stereocenters. The SMILES string of the molecule is CCNCCC(C)N(C)C(C)c1cccc(Cl)c1. The van der Waals surface area contributed by atoms with Crippen molar-refractivity contribution in [3.63, 3.8) is 0 Å². The summed E-state index contributed by atoms with van der Waals surface area (Å²) in [5.74, 6) is 0. The standard InChI is InChI=1S/C15H25ClN2/c1-5-17-10-9-12(2)18(4)13(3)14-7-6-8-15(16)11-14/h6-8,11-13,17H,5,9-10H2,1-4H3. The van der Waals surface area contributed by atoms with Crippen LogP contribution in [0.1, 0.15) is 38.8 Å². The van der Waals surface area contributed by atoms with Crippen LogP contribution < -0.4 is 5.32 Å². The summed E-state index contributed by atoms with van der Waals surface area (Å²) in [7, 11) is 2.18. The third kappa shape index (κ3) is 4.60. The van der Waals surface area contributed by atoms with Gasteiger partial charge in [-0.1, -0.05) is 30.7 Å². The van der Waals surface area contributed by atoms with Gasteiger partial charge < -0.3 is 5.32 Å². The molecule has 0 aromatic heterocycles. The predicted molar refractivity (Wildman–Crippen MR) is 80.3 cm³/mol. The fourth-order valence-corrected chi connectivity index (χ4v) is 2.27. The molecule has 1 rings (SSSR count). The molecule has 0 saturated carbocycles. The number of halogens is 1. The van der Waals surface area contributed by atoms with Crippen molar-refractivity contribution < 1.29 is 0 Å². The van der Waals surface area contributed by atoms with E-state index in [1.807, 2.05) is 12.1 Å². The molecule has 0 aliphatic carbocycles. The van der Waals surface area contributed by atoms with Gasteiger partial charge in [0.15, 0.2) is 0 Å². The van der Waals surface area contributed by atoms with E-state index < -0.39 is 0 Å². The third-order valence-electron chi connectivity index (χ3n) is 3.63. The topological polar surface area (TPSA) is 15.3 Å². The lowest BCUT2D eigenvalue weighted by Crippen LogP contribution is -2.34. The van der Waals surface area contributed by atoms with Crippen LogP contribution in [-0.4, -0.2) is 31.1 Å². The molecule has 0 fully saturated rings. The van der Waals surface area contributed by atoms with Gasteiger partial charge in [-0.05, 0) is 58.1 Å². The maximum Gasteiger partial charge on any atom is 0.0409 e. The highest BCUT2D eigenvalue weighted by atomic mass is 35.5. The van der Waals surface area contributed by atoms with Crippen LogP contribution in [0.4, 0.5) is 0 Å². The van der Waals surface area contributed by atoms with Crippen LogP contribution in [0.5, 0.6) is 0 Å². The van der Waals surface area contributed by atoms with E-state index >= 15 is 0 Å². The number of nitrogens with zero attached hydrogens (tertiary/aromatic N) is 1. The van der Waals surface area contributed by atoms with Crippen molar-refractivity contribution in [1.29, 1.82) is 0 Å². The van der Waals surface area contributed by atoms with E-state index in [1.54, 1.807) is 0 Å². The van der Waals surface area contributed by atoms with Crippen LogP contribution in [-0.2, 0) is 0 Å². The van der Waals surface area contributed by atoms with Crippen LogP contribution in [0.2, 0.25) is 5.02 Å². The lowest BCUT2D eigenvalue weighted by Gasteiger charge is -2.31. The molecule has 0 saturated heterocycles. The fourth-order valence-electron chi connectivity index (χ4n) is 2.07. The first-order chi connectivity index (χ1) is 8.56. The van der Waals surface area contributed by atoms with E-state index in [1.165, 1.54) is 5.56 Å². The second-order valence-electron chi connectivity index (χ2n) is 4.89. The van der Waals surface area contributed by atoms with Crippen LogP contribution in [0.15, 0.2) is 24.3 Å². The minimum Gasteiger partial charge on any atom is -0.317 e. The van der Waals surface area contributed by atoms with E-state index in [2.05, 4.69) is 50.2 Å². The zero-order valence-electron chi connectivity index (χ0n) is 11.9. The summed E-state index contributed by atoms with van der Waals surface area (Å²) in [6.45, 7) is 8.77. The molecule has 1 N–H and O–H groups in total. The normalized spacial score (nSPS) is 14.8. The largest absolute Gasteiger partial charge is 0.317 e. The molecule has 0 amide bonds. The Kier molecular flexibility index (Phi) is 6.69. The van der Waals surface area contributed by atoms with E-state index in [0.717, 1.165) is 24.5 Å². The fraction of sp³-hybridized carbons (Fsp3) is 0.600. The van der Waals surface area contributed by atoms with Gasteiger partial charge in [-0.15, -0.1) is 0 Å². The van der Waals surface area contributed by atoms with Gasteiger partial charge in [0, 0.05) is 17.1 Å². The van der Waals surface area contributed by atoms with Gasteiger partial charge in [-0.25, -0.2) is 0 Å². The van der Waals surface area contributed by atoms with Gasteiger partial charge in [-0.3, -0.25) is 4.90 Å². The number of rotatable bonds is 7. The van der Waals surface area contributed by atoms with E-state index in [-0.39, 0.29) is 0 Å². The molecule has 2 atom stereocenters. The van der Waals surface area contributed by atoms with Crippen molar-refractivity contribution in [3.8, 4) is 0 Å². The summed E-state index contributed by atoms with van der Waals surface area (Å²) >= 11 is 6.05. The minimum atomic E-state index is 0.389. The van der Waals surface area contributed by atoms with Crippen molar-refractivity contribution >= 4 is 11.6 Å². The quantitative estimate of drug-likeness (QED) is 0.759. The molecule has 1 aromatic rings. The smallest absolute Gasteiger partial charge is 0.0409 e. The molecule has 0 aliphatic rings. The summed E-state index contributed by atoms with van der Waals surface area (Å²) in [4.78, 5) is 2.41. The highest BCUT2D eigenvalue weighted by Crippen LogP contribution is 2.23. The Morgan fingerprint density at radius 1 is 1.33 bits per heavy atom.